The Labute approximate surface area is 159 Å². The van der Waals surface area contributed by atoms with Crippen LogP contribution >= 0.6 is 11.6 Å². The molecule has 4 aromatic rings. The first-order valence-corrected chi connectivity index (χ1v) is 9.04. The highest BCUT2D eigenvalue weighted by Crippen LogP contribution is 2.34. The minimum atomic E-state index is -0.164. The normalized spacial score (nSPS) is 15.8. The van der Waals surface area contributed by atoms with Gasteiger partial charge in [-0.1, -0.05) is 28.9 Å². The lowest BCUT2D eigenvalue weighted by atomic mass is 10.0. The van der Waals surface area contributed by atoms with E-state index in [9.17, 15) is 4.79 Å². The molecule has 1 aromatic carbocycles. The molecule has 1 aliphatic carbocycles. The summed E-state index contributed by atoms with van der Waals surface area (Å²) in [5, 5.41) is 7.67. The first-order chi connectivity index (χ1) is 13.2. The van der Waals surface area contributed by atoms with Crippen molar-refractivity contribution in [2.45, 2.75) is 18.9 Å². The van der Waals surface area contributed by atoms with Crippen molar-refractivity contribution in [1.82, 2.24) is 19.9 Å². The van der Waals surface area contributed by atoms with Crippen LogP contribution in [0.5, 0.6) is 0 Å². The number of fused-ring (bicyclic) bond motifs is 2. The molecule has 0 saturated carbocycles. The van der Waals surface area contributed by atoms with Crippen molar-refractivity contribution in [3.05, 3.63) is 76.9 Å². The van der Waals surface area contributed by atoms with E-state index in [2.05, 4.69) is 27.6 Å². The topological polar surface area (TPSA) is 72.4 Å². The van der Waals surface area contributed by atoms with E-state index in [1.54, 1.807) is 35.2 Å². The van der Waals surface area contributed by atoms with Gasteiger partial charge >= 0.3 is 0 Å². The Hall–Kier alpha value is -3.12. The van der Waals surface area contributed by atoms with Crippen LogP contribution < -0.4 is 5.32 Å². The van der Waals surface area contributed by atoms with Crippen LogP contribution in [0.2, 0.25) is 5.02 Å². The van der Waals surface area contributed by atoms with Crippen LogP contribution in [0.3, 0.4) is 0 Å². The average molecular weight is 379 g/mol. The number of benzene rings is 1. The van der Waals surface area contributed by atoms with Crippen molar-refractivity contribution in [3.63, 3.8) is 0 Å². The van der Waals surface area contributed by atoms with E-state index in [0.717, 1.165) is 29.7 Å². The molecule has 1 atom stereocenters. The Bertz CT molecular complexity index is 1150. The second kappa shape index (κ2) is 6.25. The molecule has 0 spiro atoms. The minimum Gasteiger partial charge on any atom is -0.364 e. The van der Waals surface area contributed by atoms with Gasteiger partial charge in [-0.25, -0.2) is 4.98 Å². The average Bonchev–Trinajstić information content (AvgIpc) is 3.41. The number of imidazole rings is 1. The van der Waals surface area contributed by atoms with Gasteiger partial charge < -0.3 is 9.84 Å². The third kappa shape index (κ3) is 2.78. The third-order valence-corrected chi connectivity index (χ3v) is 5.19. The lowest BCUT2D eigenvalue weighted by molar-refractivity contribution is 0.0931. The molecule has 3 aromatic heterocycles. The predicted molar refractivity (Wildman–Crippen MR) is 101 cm³/mol. The number of pyridine rings is 1. The highest BCUT2D eigenvalue weighted by Gasteiger charge is 2.26. The zero-order chi connectivity index (χ0) is 18.4. The molecule has 27 heavy (non-hydrogen) atoms. The molecule has 5 rings (SSSR count). The molecule has 1 amide bonds. The molecule has 0 aliphatic heterocycles. The quantitative estimate of drug-likeness (QED) is 0.583. The Morgan fingerprint density at radius 3 is 3.04 bits per heavy atom. The Balaban J connectivity index is 1.41. The molecule has 1 aliphatic rings. The monoisotopic (exact) mass is 378 g/mol. The van der Waals surface area contributed by atoms with Crippen LogP contribution in [0.4, 0.5) is 0 Å². The molecule has 1 N–H and O–H groups in total. The Morgan fingerprint density at radius 2 is 2.19 bits per heavy atom. The van der Waals surface area contributed by atoms with Gasteiger partial charge in [0.05, 0.1) is 17.3 Å². The van der Waals surface area contributed by atoms with E-state index in [0.29, 0.717) is 16.4 Å². The van der Waals surface area contributed by atoms with Crippen molar-refractivity contribution < 1.29 is 9.32 Å². The second-order valence-corrected chi connectivity index (χ2v) is 7.02. The molecular weight excluding hydrogens is 364 g/mol. The summed E-state index contributed by atoms with van der Waals surface area (Å²) in [7, 11) is 0. The number of halogens is 1. The molecule has 0 radical (unpaired) electrons. The number of amides is 1. The van der Waals surface area contributed by atoms with Gasteiger partial charge in [-0.3, -0.25) is 9.20 Å². The van der Waals surface area contributed by atoms with Gasteiger partial charge in [0.2, 0.25) is 0 Å². The fraction of sp³-hybridized carbons (Fsp3) is 0.150. The van der Waals surface area contributed by atoms with Gasteiger partial charge in [0.25, 0.3) is 5.91 Å². The summed E-state index contributed by atoms with van der Waals surface area (Å²) < 4.78 is 6.63. The Morgan fingerprint density at radius 1 is 1.26 bits per heavy atom. The molecule has 0 fully saturated rings. The summed E-state index contributed by atoms with van der Waals surface area (Å²) in [6.07, 6.45) is 6.61. The summed E-state index contributed by atoms with van der Waals surface area (Å²) in [4.78, 5) is 17.1. The zero-order valence-corrected chi connectivity index (χ0v) is 15.0. The van der Waals surface area contributed by atoms with Crippen molar-refractivity contribution in [1.29, 1.82) is 0 Å². The molecule has 0 saturated heterocycles. The number of aromatic nitrogens is 3. The van der Waals surface area contributed by atoms with Crippen LogP contribution in [0.25, 0.3) is 16.9 Å². The highest BCUT2D eigenvalue weighted by molar-refractivity contribution is 6.30. The van der Waals surface area contributed by atoms with Gasteiger partial charge in [0.1, 0.15) is 23.3 Å². The lowest BCUT2D eigenvalue weighted by Crippen LogP contribution is -2.28. The highest BCUT2D eigenvalue weighted by atomic mass is 35.5. The molecular formula is C20H15ClN4O2. The maximum atomic E-state index is 12.8. The summed E-state index contributed by atoms with van der Waals surface area (Å²) in [5.41, 5.74) is 5.36. The van der Waals surface area contributed by atoms with Gasteiger partial charge in [0.15, 0.2) is 0 Å². The number of aryl methyl sites for hydroxylation is 1. The van der Waals surface area contributed by atoms with E-state index in [4.69, 9.17) is 16.1 Å². The maximum Gasteiger partial charge on any atom is 0.270 e. The summed E-state index contributed by atoms with van der Waals surface area (Å²) in [5.74, 6) is -0.164. The third-order valence-electron chi connectivity index (χ3n) is 4.96. The van der Waals surface area contributed by atoms with E-state index < -0.39 is 0 Å². The largest absolute Gasteiger partial charge is 0.364 e. The van der Waals surface area contributed by atoms with Gasteiger partial charge in [-0.15, -0.1) is 0 Å². The predicted octanol–water partition coefficient (Wildman–Crippen LogP) is 4.06. The van der Waals surface area contributed by atoms with Gasteiger partial charge in [0, 0.05) is 17.8 Å². The van der Waals surface area contributed by atoms with Crippen LogP contribution in [0.1, 0.15) is 34.1 Å². The number of nitrogens with one attached hydrogen (secondary N) is 1. The summed E-state index contributed by atoms with van der Waals surface area (Å²) in [6, 6.07) is 11.5. The SMILES string of the molecule is O=C(N[C@@H]1CCc2cc(-c3ccon3)ccc21)c1cnc2ccc(Cl)cn12. The van der Waals surface area contributed by atoms with E-state index in [1.165, 1.54) is 5.56 Å². The number of carbonyl (C=O) groups is 1. The molecule has 134 valence electrons. The number of nitrogens with zero attached hydrogens (tertiary/aromatic N) is 3. The van der Waals surface area contributed by atoms with Crippen LogP contribution in [-0.2, 0) is 6.42 Å². The van der Waals surface area contributed by atoms with Crippen molar-refractivity contribution >= 4 is 23.2 Å². The number of hydrogen-bond donors (Lipinski definition) is 1. The molecule has 6 nitrogen and oxygen atoms in total. The first kappa shape index (κ1) is 16.1. The van der Waals surface area contributed by atoms with Gasteiger partial charge in [-0.05, 0) is 42.2 Å². The van der Waals surface area contributed by atoms with Gasteiger partial charge in [-0.2, -0.15) is 0 Å². The smallest absolute Gasteiger partial charge is 0.270 e. The lowest BCUT2D eigenvalue weighted by Gasteiger charge is -2.14. The van der Waals surface area contributed by atoms with E-state index in [-0.39, 0.29) is 11.9 Å². The van der Waals surface area contributed by atoms with Crippen LogP contribution in [-0.4, -0.2) is 20.4 Å². The maximum absolute atomic E-state index is 12.8. The molecule has 7 heteroatoms. The molecule has 0 bridgehead atoms. The number of rotatable bonds is 3. The van der Waals surface area contributed by atoms with E-state index >= 15 is 0 Å². The minimum absolute atomic E-state index is 0.0245. The summed E-state index contributed by atoms with van der Waals surface area (Å²) >= 11 is 6.05. The fourth-order valence-electron chi connectivity index (χ4n) is 3.64. The standard InChI is InChI=1S/C20H15ClN4O2/c21-14-3-6-19-22-10-18(25(19)11-14)20(26)23-17-5-2-12-9-13(1-4-15(12)17)16-7-8-27-24-16/h1,3-4,6-11,17H,2,5H2,(H,23,26)/t17-/m1/s1. The molecule has 3 heterocycles. The first-order valence-electron chi connectivity index (χ1n) is 8.66. The van der Waals surface area contributed by atoms with E-state index in [1.807, 2.05) is 12.1 Å². The summed E-state index contributed by atoms with van der Waals surface area (Å²) in [6.45, 7) is 0. The van der Waals surface area contributed by atoms with Crippen molar-refractivity contribution in [2.75, 3.05) is 0 Å². The fourth-order valence-corrected chi connectivity index (χ4v) is 3.80. The Kier molecular flexibility index (Phi) is 3.72. The zero-order valence-electron chi connectivity index (χ0n) is 14.2. The second-order valence-electron chi connectivity index (χ2n) is 6.58. The van der Waals surface area contributed by atoms with Crippen LogP contribution in [0, 0.1) is 0 Å². The molecule has 0 unspecified atom stereocenters. The number of hydrogen-bond acceptors (Lipinski definition) is 4. The van der Waals surface area contributed by atoms with Crippen molar-refractivity contribution in [2.24, 2.45) is 0 Å². The number of carbonyl (C=O) groups excluding carboxylic acids is 1. The van der Waals surface area contributed by atoms with Crippen molar-refractivity contribution in [3.8, 4) is 11.3 Å². The van der Waals surface area contributed by atoms with Crippen LogP contribution in [0.15, 0.2) is 59.6 Å².